The molecule has 1 fully saturated rings. The monoisotopic (exact) mass is 345 g/mol. The Morgan fingerprint density at radius 3 is 2.55 bits per heavy atom. The molecule has 1 atom stereocenters. The molecule has 1 unspecified atom stereocenters. The Kier molecular flexibility index (Phi) is 4.84. The summed E-state index contributed by atoms with van der Waals surface area (Å²) in [6.45, 7) is 5.79. The molecule has 5 nitrogen and oxygen atoms in total. The van der Waals surface area contributed by atoms with Gasteiger partial charge in [-0.2, -0.15) is 4.31 Å². The van der Waals surface area contributed by atoms with Crippen molar-refractivity contribution in [3.63, 3.8) is 0 Å². The van der Waals surface area contributed by atoms with Crippen LogP contribution in [0.15, 0.2) is 29.2 Å². The van der Waals surface area contributed by atoms with Crippen LogP contribution in [0.4, 0.5) is 0 Å². The summed E-state index contributed by atoms with van der Waals surface area (Å²) in [7, 11) is -3.69. The van der Waals surface area contributed by atoms with E-state index in [1.807, 2.05) is 0 Å². The largest absolute Gasteiger partial charge is 0.460 e. The molecule has 0 saturated carbocycles. The van der Waals surface area contributed by atoms with Crippen molar-refractivity contribution < 1.29 is 17.9 Å². The van der Waals surface area contributed by atoms with Crippen molar-refractivity contribution in [1.29, 1.82) is 0 Å². The number of benzene rings is 1. The molecule has 1 aromatic rings. The summed E-state index contributed by atoms with van der Waals surface area (Å²) in [4.78, 5) is 12.1. The van der Waals surface area contributed by atoms with Gasteiger partial charge in [-0.25, -0.2) is 8.42 Å². The van der Waals surface area contributed by atoms with Crippen LogP contribution in [-0.4, -0.2) is 37.4 Å². The lowest BCUT2D eigenvalue weighted by Gasteiger charge is -2.22. The maximum absolute atomic E-state index is 12.6. The molecule has 2 rings (SSSR count). The summed E-state index contributed by atoms with van der Waals surface area (Å²) in [6, 6.07) is 6.31. The van der Waals surface area contributed by atoms with Gasteiger partial charge in [-0.3, -0.25) is 4.79 Å². The zero-order chi connectivity index (χ0) is 16.5. The first kappa shape index (κ1) is 17.2. The second-order valence-electron chi connectivity index (χ2n) is 6.31. The first-order chi connectivity index (χ1) is 10.1. The molecule has 7 heteroatoms. The van der Waals surface area contributed by atoms with Crippen molar-refractivity contribution in [2.75, 3.05) is 13.1 Å². The van der Waals surface area contributed by atoms with Gasteiger partial charge in [-0.05, 0) is 39.3 Å². The zero-order valence-electron chi connectivity index (χ0n) is 12.9. The van der Waals surface area contributed by atoms with Crippen molar-refractivity contribution in [3.8, 4) is 0 Å². The van der Waals surface area contributed by atoms with Crippen LogP contribution in [0.5, 0.6) is 0 Å². The lowest BCUT2D eigenvalue weighted by Crippen LogP contribution is -2.33. The molecular weight excluding hydrogens is 326 g/mol. The Hall–Kier alpha value is -1.11. The molecule has 1 aliphatic heterocycles. The molecule has 1 heterocycles. The maximum Gasteiger partial charge on any atom is 0.310 e. The van der Waals surface area contributed by atoms with Gasteiger partial charge >= 0.3 is 5.97 Å². The van der Waals surface area contributed by atoms with Crippen molar-refractivity contribution in [2.45, 2.75) is 37.7 Å². The average molecular weight is 346 g/mol. The Bertz CT molecular complexity index is 666. The normalized spacial score (nSPS) is 20.1. The smallest absolute Gasteiger partial charge is 0.310 e. The standard InChI is InChI=1S/C15H20ClNO4S/c1-15(2,3)21-14(18)11-8-9-17(10-11)22(19,20)13-7-5-4-6-12(13)16/h4-7,11H,8-10H2,1-3H3. The minimum absolute atomic E-state index is 0.0708. The number of rotatable bonds is 3. The Balaban J connectivity index is 2.13. The molecule has 0 aliphatic carbocycles. The molecule has 0 radical (unpaired) electrons. The fourth-order valence-electron chi connectivity index (χ4n) is 2.32. The number of hydrogen-bond acceptors (Lipinski definition) is 4. The lowest BCUT2D eigenvalue weighted by molar-refractivity contribution is -0.159. The highest BCUT2D eigenvalue weighted by molar-refractivity contribution is 7.89. The van der Waals surface area contributed by atoms with E-state index in [1.165, 1.54) is 16.4 Å². The van der Waals surface area contributed by atoms with Crippen molar-refractivity contribution in [1.82, 2.24) is 4.31 Å². The topological polar surface area (TPSA) is 63.7 Å². The number of carbonyl (C=O) groups excluding carboxylic acids is 1. The Morgan fingerprint density at radius 1 is 1.32 bits per heavy atom. The van der Waals surface area contributed by atoms with E-state index < -0.39 is 21.5 Å². The van der Waals surface area contributed by atoms with Gasteiger partial charge in [-0.15, -0.1) is 0 Å². The van der Waals surface area contributed by atoms with E-state index >= 15 is 0 Å². The second-order valence-corrected chi connectivity index (χ2v) is 8.63. The number of nitrogens with zero attached hydrogens (tertiary/aromatic N) is 1. The van der Waals surface area contributed by atoms with Crippen LogP contribution in [0, 0.1) is 5.92 Å². The fraction of sp³-hybridized carbons (Fsp3) is 0.533. The molecule has 0 N–H and O–H groups in total. The van der Waals surface area contributed by atoms with Crippen molar-refractivity contribution >= 4 is 27.6 Å². The van der Waals surface area contributed by atoms with Crippen molar-refractivity contribution in [3.05, 3.63) is 29.3 Å². The minimum atomic E-state index is -3.69. The molecule has 1 aromatic carbocycles. The molecule has 0 bridgehead atoms. The number of esters is 1. The van der Waals surface area contributed by atoms with E-state index in [1.54, 1.807) is 32.9 Å². The number of hydrogen-bond donors (Lipinski definition) is 0. The van der Waals surface area contributed by atoms with Gasteiger partial charge in [0, 0.05) is 13.1 Å². The van der Waals surface area contributed by atoms with E-state index in [0.29, 0.717) is 6.42 Å². The predicted molar refractivity (Wildman–Crippen MR) is 84.2 cm³/mol. The Morgan fingerprint density at radius 2 is 1.95 bits per heavy atom. The highest BCUT2D eigenvalue weighted by Gasteiger charge is 2.38. The third-order valence-electron chi connectivity index (χ3n) is 3.35. The maximum atomic E-state index is 12.6. The summed E-state index contributed by atoms with van der Waals surface area (Å²) in [5.41, 5.74) is -0.577. The van der Waals surface area contributed by atoms with E-state index in [-0.39, 0.29) is 29.0 Å². The van der Waals surface area contributed by atoms with Crippen LogP contribution in [0.3, 0.4) is 0 Å². The van der Waals surface area contributed by atoms with Crippen molar-refractivity contribution in [2.24, 2.45) is 5.92 Å². The van der Waals surface area contributed by atoms with Gasteiger partial charge in [-0.1, -0.05) is 23.7 Å². The zero-order valence-corrected chi connectivity index (χ0v) is 14.4. The van der Waals surface area contributed by atoms with Crippen LogP contribution < -0.4 is 0 Å². The third-order valence-corrected chi connectivity index (χ3v) is 5.71. The summed E-state index contributed by atoms with van der Waals surface area (Å²) < 4.78 is 31.8. The number of carbonyl (C=O) groups is 1. The van der Waals surface area contributed by atoms with E-state index in [0.717, 1.165) is 0 Å². The van der Waals surface area contributed by atoms with Crippen LogP contribution in [-0.2, 0) is 19.6 Å². The number of halogens is 1. The van der Waals surface area contributed by atoms with E-state index in [9.17, 15) is 13.2 Å². The molecule has 0 aromatic heterocycles. The highest BCUT2D eigenvalue weighted by Crippen LogP contribution is 2.29. The summed E-state index contributed by atoms with van der Waals surface area (Å²) in [5, 5.41) is 0.184. The summed E-state index contributed by atoms with van der Waals surface area (Å²) in [5.74, 6) is -0.791. The summed E-state index contributed by atoms with van der Waals surface area (Å²) in [6.07, 6.45) is 0.457. The third kappa shape index (κ3) is 3.80. The highest BCUT2D eigenvalue weighted by atomic mass is 35.5. The van der Waals surface area contributed by atoms with Gasteiger partial charge < -0.3 is 4.74 Å². The number of ether oxygens (including phenoxy) is 1. The van der Waals surface area contributed by atoms with E-state index in [4.69, 9.17) is 16.3 Å². The van der Waals surface area contributed by atoms with Gasteiger partial charge in [0.15, 0.2) is 0 Å². The lowest BCUT2D eigenvalue weighted by atomic mass is 10.1. The molecule has 22 heavy (non-hydrogen) atoms. The fourth-order valence-corrected chi connectivity index (χ4v) is 4.31. The molecular formula is C15H20ClNO4S. The van der Waals surface area contributed by atoms with Gasteiger partial charge in [0.2, 0.25) is 10.0 Å². The molecule has 1 aliphatic rings. The minimum Gasteiger partial charge on any atom is -0.460 e. The molecule has 0 spiro atoms. The molecule has 0 amide bonds. The summed E-state index contributed by atoms with van der Waals surface area (Å²) >= 11 is 5.98. The molecule has 1 saturated heterocycles. The average Bonchev–Trinajstić information content (AvgIpc) is 2.87. The van der Waals surface area contributed by atoms with Crippen LogP contribution in [0.2, 0.25) is 5.02 Å². The quantitative estimate of drug-likeness (QED) is 0.790. The first-order valence-corrected chi connectivity index (χ1v) is 8.90. The first-order valence-electron chi connectivity index (χ1n) is 7.09. The van der Waals surface area contributed by atoms with Crippen LogP contribution in [0.25, 0.3) is 0 Å². The molecule has 122 valence electrons. The van der Waals surface area contributed by atoms with E-state index in [2.05, 4.69) is 0 Å². The number of sulfonamides is 1. The Labute approximate surface area is 136 Å². The predicted octanol–water partition coefficient (Wildman–Crippen LogP) is 2.69. The van der Waals surface area contributed by atoms with Crippen LogP contribution >= 0.6 is 11.6 Å². The van der Waals surface area contributed by atoms with Gasteiger partial charge in [0.05, 0.1) is 10.9 Å². The van der Waals surface area contributed by atoms with Gasteiger partial charge in [0.25, 0.3) is 0 Å². The van der Waals surface area contributed by atoms with Gasteiger partial charge in [0.1, 0.15) is 10.5 Å². The van der Waals surface area contributed by atoms with Crippen LogP contribution in [0.1, 0.15) is 27.2 Å². The second kappa shape index (κ2) is 6.18. The SMILES string of the molecule is CC(C)(C)OC(=O)C1CCN(S(=O)(=O)c2ccccc2Cl)C1.